The van der Waals surface area contributed by atoms with Gasteiger partial charge in [-0.25, -0.2) is 14.0 Å². The highest BCUT2D eigenvalue weighted by Gasteiger charge is 2.49. The molecule has 0 unspecified atom stereocenters. The van der Waals surface area contributed by atoms with E-state index in [-0.39, 0.29) is 22.5 Å². The highest BCUT2D eigenvalue weighted by molar-refractivity contribution is 5.91. The third kappa shape index (κ3) is 14.6. The summed E-state index contributed by atoms with van der Waals surface area (Å²) in [7, 11) is 0. The number of fused-ring (bicyclic) bond motifs is 1. The number of benzene rings is 4. The summed E-state index contributed by atoms with van der Waals surface area (Å²) < 4.78 is 56.6. The van der Waals surface area contributed by atoms with Gasteiger partial charge in [0, 0.05) is 36.4 Å². The van der Waals surface area contributed by atoms with Crippen molar-refractivity contribution in [3.63, 3.8) is 0 Å². The van der Waals surface area contributed by atoms with Crippen LogP contribution in [0, 0.1) is 0 Å². The van der Waals surface area contributed by atoms with Crippen molar-refractivity contribution in [1.82, 2.24) is 0 Å². The van der Waals surface area contributed by atoms with Gasteiger partial charge in [-0.1, -0.05) is 24.3 Å². The van der Waals surface area contributed by atoms with Crippen LogP contribution in [0.2, 0.25) is 0 Å². The van der Waals surface area contributed by atoms with Gasteiger partial charge >= 0.3 is 35.2 Å². The van der Waals surface area contributed by atoms with Gasteiger partial charge in [-0.2, -0.15) is 0 Å². The van der Waals surface area contributed by atoms with E-state index in [1.807, 2.05) is 0 Å². The number of carbonyl (C=O) groups excluding carboxylic acids is 3. The van der Waals surface area contributed by atoms with Gasteiger partial charge in [0.05, 0.1) is 11.6 Å². The minimum atomic E-state index is -2.18. The number of esters is 3. The summed E-state index contributed by atoms with van der Waals surface area (Å²) >= 11 is 0. The van der Waals surface area contributed by atoms with Gasteiger partial charge in [0.15, 0.2) is 11.5 Å². The Morgan fingerprint density at radius 1 is 0.482 bits per heavy atom. The van der Waals surface area contributed by atoms with Crippen LogP contribution in [0.25, 0.3) is 34.4 Å². The Labute approximate surface area is 466 Å². The quantitative estimate of drug-likeness (QED) is 0.0155. The van der Waals surface area contributed by atoms with E-state index in [9.17, 15) is 90.7 Å². The monoisotopic (exact) mass is 1170 g/mol. The first-order valence-electron chi connectivity index (χ1n) is 24.9. The third-order valence-corrected chi connectivity index (χ3v) is 12.9. The second kappa shape index (κ2) is 26.2. The number of phenolic OH excluding ortho intramolecular Hbond substituents is 5. The number of aromatic hydroxyl groups is 5. The maximum atomic E-state index is 12.7. The van der Waals surface area contributed by atoms with E-state index >= 15 is 0 Å². The number of hydrogen-bond donors (Lipinski definition) is 15. The van der Waals surface area contributed by atoms with Crippen LogP contribution in [0.4, 0.5) is 0 Å². The van der Waals surface area contributed by atoms with Crippen LogP contribution in [0.1, 0.15) is 17.5 Å². The molecule has 8 rings (SSSR count). The first kappa shape index (κ1) is 60.7. The topological polar surface area (TPSA) is 466 Å². The van der Waals surface area contributed by atoms with Crippen LogP contribution in [0.15, 0.2) is 95.4 Å². The lowest BCUT2D eigenvalue weighted by Crippen LogP contribution is -2.60. The number of phenols is 5. The van der Waals surface area contributed by atoms with Crippen molar-refractivity contribution >= 4 is 47.0 Å². The molecule has 0 bridgehead atoms. The van der Waals surface area contributed by atoms with Crippen LogP contribution >= 0.6 is 0 Å². The van der Waals surface area contributed by atoms with Crippen molar-refractivity contribution in [1.29, 1.82) is 0 Å². The molecule has 3 saturated heterocycles. The van der Waals surface area contributed by atoms with Gasteiger partial charge in [-0.15, -0.1) is 0 Å². The largest absolute Gasteiger partial charge is 0.508 e. The average Bonchev–Trinajstić information content (AvgIpc) is 3.61. The van der Waals surface area contributed by atoms with Gasteiger partial charge in [-0.3, -0.25) is 9.59 Å². The first-order chi connectivity index (χ1) is 39.4. The maximum Gasteiger partial charge on any atom is 0.402 e. The van der Waals surface area contributed by atoms with Gasteiger partial charge < -0.3 is 119 Å². The number of aliphatic hydroxyl groups is 9. The van der Waals surface area contributed by atoms with Gasteiger partial charge in [0.1, 0.15) is 128 Å². The smallest absolute Gasteiger partial charge is 0.402 e. The summed E-state index contributed by atoms with van der Waals surface area (Å²) in [4.78, 5) is 48.6. The molecule has 444 valence electrons. The molecule has 0 saturated carbocycles. The number of carboxylic acids is 1. The van der Waals surface area contributed by atoms with Crippen LogP contribution in [0.3, 0.4) is 0 Å². The number of aliphatic carboxylic acids is 1. The predicted molar refractivity (Wildman–Crippen MR) is 272 cm³/mol. The second-order valence-corrected chi connectivity index (χ2v) is 18.9. The molecular weight excluding hydrogens is 1110 g/mol. The molecule has 29 nitrogen and oxygen atoms in total. The van der Waals surface area contributed by atoms with Crippen molar-refractivity contribution in [3.8, 4) is 57.3 Å². The number of carbonyl (C=O) groups is 4. The Bertz CT molecular complexity index is 3060. The van der Waals surface area contributed by atoms with Crippen molar-refractivity contribution < 1.29 is 143 Å². The molecule has 0 amide bonds. The lowest BCUT2D eigenvalue weighted by molar-refractivity contribution is -0.279. The number of aliphatic hydroxyl groups excluding tert-OH is 9. The number of hydrogen-bond acceptors (Lipinski definition) is 27. The minimum absolute atomic E-state index is 0.0368. The summed E-state index contributed by atoms with van der Waals surface area (Å²) in [5, 5.41) is 160. The van der Waals surface area contributed by atoms with E-state index in [0.717, 1.165) is 42.5 Å². The fourth-order valence-electron chi connectivity index (χ4n) is 8.47. The molecule has 4 aromatic carbocycles. The van der Waals surface area contributed by atoms with Crippen LogP contribution in [0.5, 0.6) is 46.0 Å². The Morgan fingerprint density at radius 2 is 0.892 bits per heavy atom. The number of carboxylic acid groups (broad SMARTS) is 1. The van der Waals surface area contributed by atoms with Gasteiger partial charge in [0.25, 0.3) is 0 Å². The molecule has 3 aliphatic heterocycles. The normalized spacial score (nSPS) is 28.1. The molecular formula is C54H55O29+. The molecule has 83 heavy (non-hydrogen) atoms. The van der Waals surface area contributed by atoms with Crippen LogP contribution < -0.4 is 14.2 Å². The predicted octanol–water partition coefficient (Wildman–Crippen LogP) is -1.00. The minimum Gasteiger partial charge on any atom is -0.508 e. The Kier molecular flexibility index (Phi) is 19.2. The fraction of sp³-hybridized carbons (Fsp3) is 0.352. The zero-order valence-corrected chi connectivity index (χ0v) is 42.7. The van der Waals surface area contributed by atoms with E-state index in [4.69, 9.17) is 52.2 Å². The summed E-state index contributed by atoms with van der Waals surface area (Å²) in [5.74, 6) is -9.92. The molecule has 15 N–H and O–H groups in total. The first-order valence-corrected chi connectivity index (χ1v) is 24.9. The summed E-state index contributed by atoms with van der Waals surface area (Å²) in [6.45, 7) is -2.47. The molecule has 1 aromatic heterocycles. The Hall–Kier alpha value is -8.43. The van der Waals surface area contributed by atoms with Gasteiger partial charge in [0.2, 0.25) is 30.4 Å². The molecule has 0 spiro atoms. The molecule has 0 radical (unpaired) electrons. The number of ether oxygens (including phenoxy) is 9. The lowest BCUT2D eigenvalue weighted by atomic mass is 9.99. The molecule has 3 fully saturated rings. The summed E-state index contributed by atoms with van der Waals surface area (Å²) in [6, 6.07) is 16.2. The number of rotatable bonds is 19. The van der Waals surface area contributed by atoms with E-state index in [1.54, 1.807) is 0 Å². The third-order valence-electron chi connectivity index (χ3n) is 12.9. The molecule has 0 aliphatic carbocycles. The van der Waals surface area contributed by atoms with E-state index in [0.29, 0.717) is 11.1 Å². The van der Waals surface area contributed by atoms with E-state index in [1.165, 1.54) is 60.7 Å². The molecule has 15 atom stereocenters. The average molecular weight is 1170 g/mol. The van der Waals surface area contributed by atoms with E-state index < -0.39 is 188 Å². The lowest BCUT2D eigenvalue weighted by Gasteiger charge is -2.40. The molecule has 5 aromatic rings. The van der Waals surface area contributed by atoms with Crippen molar-refractivity contribution in [3.05, 3.63) is 102 Å². The Morgan fingerprint density at radius 3 is 1.31 bits per heavy atom. The van der Waals surface area contributed by atoms with Crippen molar-refractivity contribution in [2.45, 2.75) is 98.5 Å². The maximum absolute atomic E-state index is 12.7. The zero-order chi connectivity index (χ0) is 60.0. The molecule has 4 heterocycles. The second-order valence-electron chi connectivity index (χ2n) is 18.9. The van der Waals surface area contributed by atoms with Crippen molar-refractivity contribution in [2.75, 3.05) is 19.8 Å². The van der Waals surface area contributed by atoms with Crippen LogP contribution in [-0.2, 0) is 47.6 Å². The highest BCUT2D eigenvalue weighted by atomic mass is 16.7. The zero-order valence-electron chi connectivity index (χ0n) is 42.7. The fourth-order valence-corrected chi connectivity index (χ4v) is 8.47. The Balaban J connectivity index is 1.15. The highest BCUT2D eigenvalue weighted by Crippen LogP contribution is 2.47. The van der Waals surface area contributed by atoms with Crippen LogP contribution in [-0.4, -0.2) is 212 Å². The molecule has 3 aliphatic rings. The summed E-state index contributed by atoms with van der Waals surface area (Å²) in [6.07, 6.45) is -26.6. The van der Waals surface area contributed by atoms with Gasteiger partial charge in [-0.05, 0) is 47.5 Å². The molecule has 29 heteroatoms. The SMILES string of the molecule is O=C(O)CC(=O)OC[C@H]1O[C@@H](Oc2cc3c(O)cc(O)cc3[o+]c2-c2cc(O[C@@H]3O[C@H](COC(=O)/C=C/c4ccc(O)cc4)[C@@H](O)[C@H](O)[C@H]3O)c(O)c(O[C@@H]3O[C@H](COC(=O)/C=C/c4ccc(O)cc4)[C@@H](O)[C@H](O)[C@H]3O)c2)[C@H](O)[C@@H](O)[C@@H]1O. The van der Waals surface area contributed by atoms with Crippen molar-refractivity contribution in [2.24, 2.45) is 0 Å². The standard InChI is InChI=1S/C54H54O29/c55-25-7-1-22(2-8-25)5-11-38(61)74-19-34-42(65)45(68)48(71)52(81-34)78-31-13-24(14-32(41(31)64)79-53-49(72)46(69)43(66)35(82-53)20-75-39(62)12-6-23-3-9-26(56)10-4-23)51-33(17-28-29(58)15-27(57)16-30(28)77-51)80-54-50(73)47(70)44(67)36(83-54)21-76-40(63)18-37(59)60/h1-17,34-36,42-50,52-54,65-73H,18-21H2,(H5-,55,56,57,58,59,60,61,62,64)/p+1/t34-,35-,36-,42-,43-,44-,45+,46+,47+,48-,49-,50-,52-,53-,54-/m1/s1. The summed E-state index contributed by atoms with van der Waals surface area (Å²) in [5.41, 5.74) is 0.237. The van der Waals surface area contributed by atoms with E-state index in [2.05, 4.69) is 0 Å².